The van der Waals surface area contributed by atoms with E-state index < -0.39 is 0 Å². The third-order valence-corrected chi connectivity index (χ3v) is 5.03. The topological polar surface area (TPSA) is 92.3 Å². The van der Waals surface area contributed by atoms with E-state index in [1.807, 2.05) is 47.2 Å². The lowest BCUT2D eigenvalue weighted by atomic mass is 10.1. The molecule has 1 aromatic carbocycles. The lowest BCUT2D eigenvalue weighted by Gasteiger charge is -2.16. The van der Waals surface area contributed by atoms with E-state index in [4.69, 9.17) is 26.8 Å². The minimum absolute atomic E-state index is 0.104. The molecule has 1 aliphatic heterocycles. The summed E-state index contributed by atoms with van der Waals surface area (Å²) in [6.07, 6.45) is 4.14. The highest BCUT2D eigenvalue weighted by atomic mass is 35.5. The Morgan fingerprint density at radius 1 is 1.25 bits per heavy atom. The van der Waals surface area contributed by atoms with Gasteiger partial charge in [-0.15, -0.1) is 0 Å². The van der Waals surface area contributed by atoms with Gasteiger partial charge in [-0.2, -0.15) is 4.98 Å². The number of rotatable bonds is 6. The number of ether oxygens (including phenoxy) is 2. The summed E-state index contributed by atoms with van der Waals surface area (Å²) < 4.78 is 13.3. The number of aromatic nitrogens is 3. The number of fused-ring (bicyclic) bond motifs is 1. The van der Waals surface area contributed by atoms with Crippen molar-refractivity contribution in [2.24, 2.45) is 0 Å². The maximum absolute atomic E-state index is 12.0. The van der Waals surface area contributed by atoms with Crippen LogP contribution in [-0.4, -0.2) is 33.2 Å². The van der Waals surface area contributed by atoms with E-state index in [-0.39, 0.29) is 30.2 Å². The van der Waals surface area contributed by atoms with Gasteiger partial charge in [0.2, 0.25) is 5.28 Å². The van der Waals surface area contributed by atoms with Gasteiger partial charge in [-0.25, -0.2) is 4.98 Å². The van der Waals surface area contributed by atoms with Crippen LogP contribution in [-0.2, 0) is 20.7 Å². The van der Waals surface area contributed by atoms with Crippen LogP contribution >= 0.6 is 11.6 Å². The van der Waals surface area contributed by atoms with E-state index in [1.165, 1.54) is 0 Å². The van der Waals surface area contributed by atoms with Gasteiger partial charge in [0.15, 0.2) is 0 Å². The van der Waals surface area contributed by atoms with Crippen molar-refractivity contribution < 1.29 is 14.3 Å². The van der Waals surface area contributed by atoms with Gasteiger partial charge in [0, 0.05) is 12.6 Å². The van der Waals surface area contributed by atoms with Crippen molar-refractivity contribution in [2.45, 2.75) is 38.0 Å². The number of nitrogens with two attached hydrogens (primary N) is 1. The lowest BCUT2D eigenvalue weighted by molar-refractivity contribution is -0.148. The smallest absolute Gasteiger partial charge is 0.306 e. The molecule has 146 valence electrons. The van der Waals surface area contributed by atoms with E-state index in [9.17, 15) is 4.79 Å². The van der Waals surface area contributed by atoms with Crippen molar-refractivity contribution in [3.05, 3.63) is 53.4 Å². The molecule has 7 nitrogen and oxygen atoms in total. The Hall–Kier alpha value is -2.64. The minimum Gasteiger partial charge on any atom is -0.463 e. The SMILES string of the molecule is Nc1nc(Cl)nc2c1ccn2C1CC[C@@H](COC(=O)CCc2ccccc2)O1. The maximum Gasteiger partial charge on any atom is 0.306 e. The number of benzene rings is 1. The molecule has 2 atom stereocenters. The van der Waals surface area contributed by atoms with Crippen LogP contribution < -0.4 is 5.73 Å². The van der Waals surface area contributed by atoms with Gasteiger partial charge in [-0.1, -0.05) is 30.3 Å². The fourth-order valence-electron chi connectivity index (χ4n) is 3.42. The summed E-state index contributed by atoms with van der Waals surface area (Å²) in [5, 5.41) is 0.843. The fourth-order valence-corrected chi connectivity index (χ4v) is 3.60. The first-order chi connectivity index (χ1) is 13.6. The summed E-state index contributed by atoms with van der Waals surface area (Å²) in [5.74, 6) is 0.130. The number of esters is 1. The second kappa shape index (κ2) is 8.16. The van der Waals surface area contributed by atoms with Crippen molar-refractivity contribution in [1.82, 2.24) is 14.5 Å². The number of hydrogen-bond acceptors (Lipinski definition) is 6. The van der Waals surface area contributed by atoms with Crippen LogP contribution in [0.4, 0.5) is 5.82 Å². The van der Waals surface area contributed by atoms with E-state index in [0.717, 1.165) is 23.8 Å². The number of carbonyl (C=O) groups is 1. The predicted octanol–water partition coefficient (Wildman–Crippen LogP) is 3.52. The van der Waals surface area contributed by atoms with Crippen molar-refractivity contribution >= 4 is 34.4 Å². The van der Waals surface area contributed by atoms with Crippen molar-refractivity contribution in [2.75, 3.05) is 12.3 Å². The Morgan fingerprint density at radius 2 is 2.07 bits per heavy atom. The van der Waals surface area contributed by atoms with Gasteiger partial charge in [0.1, 0.15) is 24.3 Å². The molecule has 0 radical (unpaired) electrons. The Morgan fingerprint density at radius 3 is 2.89 bits per heavy atom. The van der Waals surface area contributed by atoms with Gasteiger partial charge in [0.25, 0.3) is 0 Å². The van der Waals surface area contributed by atoms with Crippen LogP contribution in [0.1, 0.15) is 31.1 Å². The van der Waals surface area contributed by atoms with Crippen molar-refractivity contribution in [1.29, 1.82) is 0 Å². The third kappa shape index (κ3) is 4.10. The molecule has 0 spiro atoms. The monoisotopic (exact) mass is 400 g/mol. The number of hydrogen-bond donors (Lipinski definition) is 1. The van der Waals surface area contributed by atoms with Crippen LogP contribution in [0.15, 0.2) is 42.6 Å². The molecule has 8 heteroatoms. The zero-order valence-electron chi connectivity index (χ0n) is 15.3. The molecule has 1 aliphatic rings. The molecule has 0 bridgehead atoms. The van der Waals surface area contributed by atoms with Crippen LogP contribution in [0.2, 0.25) is 5.28 Å². The van der Waals surface area contributed by atoms with Crippen LogP contribution in [0.25, 0.3) is 11.0 Å². The minimum atomic E-state index is -0.213. The summed E-state index contributed by atoms with van der Waals surface area (Å²) in [4.78, 5) is 20.2. The number of aryl methyl sites for hydroxylation is 1. The Kier molecular flexibility index (Phi) is 5.45. The molecule has 0 saturated carbocycles. The highest BCUT2D eigenvalue weighted by Crippen LogP contribution is 2.32. The molecule has 1 unspecified atom stereocenters. The standard InChI is InChI=1S/C20H21ClN4O3/c21-20-23-18(22)15-10-11-25(19(15)24-20)16-8-7-14(28-16)12-27-17(26)9-6-13-4-2-1-3-5-13/h1-5,10-11,14,16H,6-9,12H2,(H2,22,23,24)/t14-,16?/m0/s1. The van der Waals surface area contributed by atoms with E-state index in [0.29, 0.717) is 24.3 Å². The number of anilines is 1. The molecule has 0 amide bonds. The van der Waals surface area contributed by atoms with Gasteiger partial charge >= 0.3 is 5.97 Å². The molecule has 4 rings (SSSR count). The average molecular weight is 401 g/mol. The number of halogens is 1. The fraction of sp³-hybridized carbons (Fsp3) is 0.350. The first kappa shape index (κ1) is 18.7. The zero-order chi connectivity index (χ0) is 19.5. The molecule has 2 aromatic heterocycles. The second-order valence-corrected chi connectivity index (χ2v) is 7.13. The Bertz CT molecular complexity index is 976. The summed E-state index contributed by atoms with van der Waals surface area (Å²) >= 11 is 5.93. The second-order valence-electron chi connectivity index (χ2n) is 6.80. The van der Waals surface area contributed by atoms with E-state index in [1.54, 1.807) is 0 Å². The molecular formula is C20H21ClN4O3. The lowest BCUT2D eigenvalue weighted by Crippen LogP contribution is -2.19. The molecule has 2 N–H and O–H groups in total. The summed E-state index contributed by atoms with van der Waals surface area (Å²) in [6, 6.07) is 11.7. The Labute approximate surface area is 167 Å². The Balaban J connectivity index is 1.30. The summed E-state index contributed by atoms with van der Waals surface area (Å²) in [5.41, 5.74) is 7.66. The molecular weight excluding hydrogens is 380 g/mol. The molecule has 1 saturated heterocycles. The number of nitrogen functional groups attached to an aromatic ring is 1. The number of carbonyl (C=O) groups excluding carboxylic acids is 1. The summed E-state index contributed by atoms with van der Waals surface area (Å²) in [7, 11) is 0. The van der Waals surface area contributed by atoms with E-state index >= 15 is 0 Å². The molecule has 3 aromatic rings. The quantitative estimate of drug-likeness (QED) is 0.502. The van der Waals surface area contributed by atoms with Gasteiger partial charge in [-0.3, -0.25) is 4.79 Å². The largest absolute Gasteiger partial charge is 0.463 e. The number of nitrogens with zero attached hydrogens (tertiary/aromatic N) is 3. The first-order valence-electron chi connectivity index (χ1n) is 9.24. The molecule has 3 heterocycles. The van der Waals surface area contributed by atoms with Gasteiger partial charge in [-0.05, 0) is 42.5 Å². The normalized spacial score (nSPS) is 19.2. The maximum atomic E-state index is 12.0. The van der Waals surface area contributed by atoms with Crippen LogP contribution in [0.5, 0.6) is 0 Å². The van der Waals surface area contributed by atoms with Crippen LogP contribution in [0.3, 0.4) is 0 Å². The van der Waals surface area contributed by atoms with E-state index in [2.05, 4.69) is 9.97 Å². The third-order valence-electron chi connectivity index (χ3n) is 4.86. The summed E-state index contributed by atoms with van der Waals surface area (Å²) in [6.45, 7) is 0.251. The molecule has 28 heavy (non-hydrogen) atoms. The van der Waals surface area contributed by atoms with Crippen molar-refractivity contribution in [3.63, 3.8) is 0 Å². The van der Waals surface area contributed by atoms with Crippen LogP contribution in [0, 0.1) is 0 Å². The average Bonchev–Trinajstić information content (AvgIpc) is 3.32. The zero-order valence-corrected chi connectivity index (χ0v) is 16.0. The van der Waals surface area contributed by atoms with Crippen molar-refractivity contribution in [3.8, 4) is 0 Å². The first-order valence-corrected chi connectivity index (χ1v) is 9.62. The highest BCUT2D eigenvalue weighted by molar-refractivity contribution is 6.28. The van der Waals surface area contributed by atoms with Gasteiger partial charge < -0.3 is 19.8 Å². The highest BCUT2D eigenvalue weighted by Gasteiger charge is 2.29. The molecule has 0 aliphatic carbocycles. The van der Waals surface area contributed by atoms with Gasteiger partial charge in [0.05, 0.1) is 11.5 Å². The molecule has 1 fully saturated rings. The predicted molar refractivity (Wildman–Crippen MR) is 106 cm³/mol.